The van der Waals surface area contributed by atoms with E-state index in [0.29, 0.717) is 0 Å². The molecule has 0 aliphatic carbocycles. The predicted octanol–water partition coefficient (Wildman–Crippen LogP) is 12.5. The van der Waals surface area contributed by atoms with Gasteiger partial charge < -0.3 is 0 Å². The van der Waals surface area contributed by atoms with E-state index in [-0.39, 0.29) is 0 Å². The molecule has 8 aromatic rings. The van der Waals surface area contributed by atoms with Gasteiger partial charge in [0.15, 0.2) is 0 Å². The van der Waals surface area contributed by atoms with Crippen molar-refractivity contribution < 1.29 is 0 Å². The first-order chi connectivity index (χ1) is 20.8. The quantitative estimate of drug-likeness (QED) is 0.184. The van der Waals surface area contributed by atoms with Gasteiger partial charge in [-0.2, -0.15) is 0 Å². The average Bonchev–Trinajstić information content (AvgIpc) is 3.45. The van der Waals surface area contributed by atoms with E-state index in [9.17, 15) is 0 Å². The smallest absolute Gasteiger partial charge is 0.0584 e. The van der Waals surface area contributed by atoms with Crippen molar-refractivity contribution >= 4 is 54.6 Å². The van der Waals surface area contributed by atoms with Gasteiger partial charge in [0.2, 0.25) is 0 Å². The number of rotatable bonds is 4. The molecule has 0 amide bonds. The molecule has 0 atom stereocenters. The minimum Gasteiger partial charge on any atom is -0.133 e. The summed E-state index contributed by atoms with van der Waals surface area (Å²) in [5, 5.41) is 7.07. The van der Waals surface area contributed by atoms with Crippen molar-refractivity contribution in [1.29, 1.82) is 0 Å². The maximum atomic E-state index is 6.70. The van der Waals surface area contributed by atoms with Gasteiger partial charge in [-0.15, -0.1) is 11.3 Å². The Morgan fingerprint density at radius 3 is 1.26 bits per heavy atom. The third-order valence-electron chi connectivity index (χ3n) is 8.16. The maximum Gasteiger partial charge on any atom is 0.0584 e. The molecule has 0 nitrogen and oxygen atoms in total. The highest BCUT2D eigenvalue weighted by Crippen LogP contribution is 2.48. The molecule has 0 saturated heterocycles. The Labute approximate surface area is 254 Å². The van der Waals surface area contributed by atoms with Crippen molar-refractivity contribution in [3.05, 3.63) is 157 Å². The van der Waals surface area contributed by atoms with E-state index in [4.69, 9.17) is 11.6 Å². The number of fused-ring (bicyclic) bond motifs is 3. The first kappa shape index (κ1) is 25.1. The molecule has 0 spiro atoms. The minimum absolute atomic E-state index is 0.800. The fourth-order valence-corrected chi connectivity index (χ4v) is 7.85. The van der Waals surface area contributed by atoms with Gasteiger partial charge in [-0.05, 0) is 61.0 Å². The SMILES string of the molecule is Clc1cccc2c(-c3ccccc3)c(-c3ccc(-c4c5ccccc5c(-c5ccccc5)c5ccccc45)cc3)sc12. The van der Waals surface area contributed by atoms with Crippen molar-refractivity contribution in [3.63, 3.8) is 0 Å². The predicted molar refractivity (Wildman–Crippen MR) is 184 cm³/mol. The molecule has 0 N–H and O–H groups in total. The average molecular weight is 573 g/mol. The van der Waals surface area contributed by atoms with Gasteiger partial charge in [-0.3, -0.25) is 0 Å². The van der Waals surface area contributed by atoms with E-state index in [2.05, 4.69) is 140 Å². The van der Waals surface area contributed by atoms with Crippen LogP contribution in [0.2, 0.25) is 5.02 Å². The monoisotopic (exact) mass is 572 g/mol. The molecule has 0 radical (unpaired) electrons. The first-order valence-electron chi connectivity index (χ1n) is 14.1. The minimum atomic E-state index is 0.800. The number of benzene rings is 7. The zero-order valence-corrected chi connectivity index (χ0v) is 24.3. The largest absolute Gasteiger partial charge is 0.133 e. The summed E-state index contributed by atoms with van der Waals surface area (Å²) in [5.41, 5.74) is 8.67. The summed E-state index contributed by atoms with van der Waals surface area (Å²) in [5.74, 6) is 0. The van der Waals surface area contributed by atoms with Gasteiger partial charge in [0.05, 0.1) is 9.72 Å². The highest BCUT2D eigenvalue weighted by atomic mass is 35.5. The lowest BCUT2D eigenvalue weighted by molar-refractivity contribution is 1.64. The second-order valence-electron chi connectivity index (χ2n) is 10.6. The lowest BCUT2D eigenvalue weighted by Gasteiger charge is -2.18. The van der Waals surface area contributed by atoms with Crippen LogP contribution in [0.4, 0.5) is 0 Å². The van der Waals surface area contributed by atoms with Gasteiger partial charge in [-0.1, -0.05) is 157 Å². The Balaban J connectivity index is 1.35. The van der Waals surface area contributed by atoms with E-state index in [1.165, 1.54) is 70.8 Å². The Hall–Kier alpha value is -4.69. The first-order valence-corrected chi connectivity index (χ1v) is 15.3. The van der Waals surface area contributed by atoms with E-state index in [0.717, 1.165) is 9.72 Å². The summed E-state index contributed by atoms with van der Waals surface area (Å²) in [6.07, 6.45) is 0. The van der Waals surface area contributed by atoms with Crippen LogP contribution < -0.4 is 0 Å². The zero-order chi connectivity index (χ0) is 28.0. The molecule has 0 fully saturated rings. The van der Waals surface area contributed by atoms with Crippen molar-refractivity contribution in [3.8, 4) is 43.8 Å². The lowest BCUT2D eigenvalue weighted by Crippen LogP contribution is -1.90. The topological polar surface area (TPSA) is 0 Å². The van der Waals surface area contributed by atoms with Crippen LogP contribution in [-0.4, -0.2) is 0 Å². The molecule has 0 saturated carbocycles. The number of thiophene rings is 1. The van der Waals surface area contributed by atoms with Crippen LogP contribution in [0, 0.1) is 0 Å². The van der Waals surface area contributed by atoms with E-state index >= 15 is 0 Å². The van der Waals surface area contributed by atoms with Gasteiger partial charge in [0.25, 0.3) is 0 Å². The van der Waals surface area contributed by atoms with Crippen molar-refractivity contribution in [2.45, 2.75) is 0 Å². The Morgan fingerprint density at radius 2 is 0.738 bits per heavy atom. The summed E-state index contributed by atoms with van der Waals surface area (Å²) in [6.45, 7) is 0. The Bertz CT molecular complexity index is 2170. The number of halogens is 1. The van der Waals surface area contributed by atoms with Gasteiger partial charge >= 0.3 is 0 Å². The maximum absolute atomic E-state index is 6.70. The molecule has 42 heavy (non-hydrogen) atoms. The third-order valence-corrected chi connectivity index (χ3v) is 9.87. The molecule has 7 aromatic carbocycles. The molecule has 2 heteroatoms. The normalized spacial score (nSPS) is 11.5. The van der Waals surface area contributed by atoms with Crippen molar-refractivity contribution in [1.82, 2.24) is 0 Å². The highest BCUT2D eigenvalue weighted by Gasteiger charge is 2.19. The summed E-state index contributed by atoms with van der Waals surface area (Å²) in [6, 6.07) is 54.4. The van der Waals surface area contributed by atoms with E-state index in [1.54, 1.807) is 11.3 Å². The number of hydrogen-bond acceptors (Lipinski definition) is 1. The molecule has 0 bridgehead atoms. The van der Waals surface area contributed by atoms with Crippen LogP contribution in [-0.2, 0) is 0 Å². The summed E-state index contributed by atoms with van der Waals surface area (Å²) in [7, 11) is 0. The Morgan fingerprint density at radius 1 is 0.333 bits per heavy atom. The van der Waals surface area contributed by atoms with Gasteiger partial charge in [-0.25, -0.2) is 0 Å². The second kappa shape index (κ2) is 10.3. The standard InChI is InChI=1S/C40H25ClS/c41-35-21-11-20-34-38(27-14-5-2-6-15-27)39(42-40(34)35)29-24-22-28(23-25-29)37-32-18-9-7-16-30(32)36(26-12-3-1-4-13-26)31-17-8-10-19-33(31)37/h1-25H. The van der Waals surface area contributed by atoms with Crippen LogP contribution in [0.5, 0.6) is 0 Å². The second-order valence-corrected chi connectivity index (χ2v) is 12.0. The van der Waals surface area contributed by atoms with Crippen LogP contribution in [0.25, 0.3) is 75.5 Å². The molecular weight excluding hydrogens is 548 g/mol. The third kappa shape index (κ3) is 4.05. The zero-order valence-electron chi connectivity index (χ0n) is 22.7. The van der Waals surface area contributed by atoms with Crippen molar-refractivity contribution in [2.24, 2.45) is 0 Å². The van der Waals surface area contributed by atoms with Crippen LogP contribution >= 0.6 is 22.9 Å². The molecule has 198 valence electrons. The molecular formula is C40H25ClS. The molecule has 0 aliphatic rings. The van der Waals surface area contributed by atoms with Crippen LogP contribution in [0.1, 0.15) is 0 Å². The summed E-state index contributed by atoms with van der Waals surface area (Å²) >= 11 is 8.47. The fraction of sp³-hybridized carbons (Fsp3) is 0. The highest BCUT2D eigenvalue weighted by molar-refractivity contribution is 7.23. The Kier molecular flexibility index (Phi) is 6.14. The van der Waals surface area contributed by atoms with Crippen molar-refractivity contribution in [2.75, 3.05) is 0 Å². The van der Waals surface area contributed by atoms with E-state index < -0.39 is 0 Å². The molecule has 0 unspecified atom stereocenters. The van der Waals surface area contributed by atoms with Gasteiger partial charge in [0.1, 0.15) is 0 Å². The molecule has 0 aliphatic heterocycles. The van der Waals surface area contributed by atoms with Crippen LogP contribution in [0.3, 0.4) is 0 Å². The van der Waals surface area contributed by atoms with Gasteiger partial charge in [0, 0.05) is 15.8 Å². The molecule has 8 rings (SSSR count). The lowest BCUT2D eigenvalue weighted by atomic mass is 9.86. The summed E-state index contributed by atoms with van der Waals surface area (Å²) < 4.78 is 1.13. The fourth-order valence-electron chi connectivity index (χ4n) is 6.32. The molecule has 1 heterocycles. The van der Waals surface area contributed by atoms with E-state index in [1.807, 2.05) is 12.1 Å². The van der Waals surface area contributed by atoms with Crippen LogP contribution in [0.15, 0.2) is 152 Å². The summed E-state index contributed by atoms with van der Waals surface area (Å²) in [4.78, 5) is 1.24. The number of hydrogen-bond donors (Lipinski definition) is 0. The molecule has 1 aromatic heterocycles.